The maximum atomic E-state index is 11.2. The molecule has 0 unspecified atom stereocenters. The van der Waals surface area contributed by atoms with Gasteiger partial charge in [0.2, 0.25) is 10.0 Å². The summed E-state index contributed by atoms with van der Waals surface area (Å²) in [5.41, 5.74) is 1.23. The van der Waals surface area contributed by atoms with E-state index < -0.39 is 10.0 Å². The van der Waals surface area contributed by atoms with Crippen LogP contribution in [-0.2, 0) is 15.4 Å². The van der Waals surface area contributed by atoms with Crippen LogP contribution in [0.15, 0.2) is 29.2 Å². The Balaban J connectivity index is 2.84. The van der Waals surface area contributed by atoms with Gasteiger partial charge in [0.05, 0.1) is 4.90 Å². The molecule has 18 heavy (non-hydrogen) atoms. The molecule has 0 aromatic heterocycles. The first-order valence-electron chi connectivity index (χ1n) is 6.41. The molecule has 0 aliphatic rings. The number of primary sulfonamides is 1. The van der Waals surface area contributed by atoms with Crippen molar-refractivity contribution in [2.75, 3.05) is 0 Å². The molecule has 0 heterocycles. The largest absolute Gasteiger partial charge is 0.238 e. The van der Waals surface area contributed by atoms with Crippen LogP contribution >= 0.6 is 0 Å². The first kappa shape index (κ1) is 15.2. The first-order chi connectivity index (χ1) is 8.27. The van der Waals surface area contributed by atoms with Gasteiger partial charge in [0.25, 0.3) is 0 Å². The van der Waals surface area contributed by atoms with Crippen LogP contribution in [0.25, 0.3) is 0 Å². The summed E-state index contributed by atoms with van der Waals surface area (Å²) in [4.78, 5) is 0.176. The average molecular weight is 269 g/mol. The van der Waals surface area contributed by atoms with Gasteiger partial charge in [-0.25, -0.2) is 13.6 Å². The molecule has 1 rings (SSSR count). The Morgan fingerprint density at radius 1 is 1.11 bits per heavy atom. The predicted molar refractivity (Wildman–Crippen MR) is 75.0 cm³/mol. The molecule has 2 N–H and O–H groups in total. The first-order valence-corrected chi connectivity index (χ1v) is 7.95. The van der Waals surface area contributed by atoms with Gasteiger partial charge in [-0.1, -0.05) is 52.2 Å². The topological polar surface area (TPSA) is 60.2 Å². The number of unbranched alkanes of at least 4 members (excludes halogenated alkanes) is 2. The molecule has 0 bridgehead atoms. The van der Waals surface area contributed by atoms with Crippen LogP contribution < -0.4 is 5.14 Å². The highest BCUT2D eigenvalue weighted by Gasteiger charge is 2.20. The van der Waals surface area contributed by atoms with Crippen LogP contribution in [0, 0.1) is 0 Å². The number of nitrogens with two attached hydrogens (primary N) is 1. The van der Waals surface area contributed by atoms with Gasteiger partial charge >= 0.3 is 0 Å². The van der Waals surface area contributed by atoms with Crippen LogP contribution in [0.4, 0.5) is 0 Å². The van der Waals surface area contributed by atoms with Gasteiger partial charge in [0.1, 0.15) is 0 Å². The molecule has 0 saturated heterocycles. The summed E-state index contributed by atoms with van der Waals surface area (Å²) < 4.78 is 22.4. The lowest BCUT2D eigenvalue weighted by Crippen LogP contribution is -2.18. The van der Waals surface area contributed by atoms with Crippen LogP contribution in [0.5, 0.6) is 0 Å². The number of hydrogen-bond acceptors (Lipinski definition) is 2. The van der Waals surface area contributed by atoms with E-state index in [1.807, 2.05) is 12.1 Å². The van der Waals surface area contributed by atoms with E-state index in [0.717, 1.165) is 12.0 Å². The fourth-order valence-electron chi connectivity index (χ4n) is 2.06. The highest BCUT2D eigenvalue weighted by atomic mass is 32.2. The summed E-state index contributed by atoms with van der Waals surface area (Å²) in [6, 6.07) is 6.91. The lowest BCUT2D eigenvalue weighted by atomic mass is 9.80. The zero-order valence-electron chi connectivity index (χ0n) is 11.4. The van der Waals surface area contributed by atoms with Crippen molar-refractivity contribution < 1.29 is 8.42 Å². The molecule has 4 heteroatoms. The summed E-state index contributed by atoms with van der Waals surface area (Å²) in [5.74, 6) is 0. The van der Waals surface area contributed by atoms with Crippen LogP contribution in [0.1, 0.15) is 52.0 Å². The molecule has 0 atom stereocenters. The summed E-state index contributed by atoms with van der Waals surface area (Å²) in [7, 11) is -3.59. The van der Waals surface area contributed by atoms with Crippen LogP contribution in [0.2, 0.25) is 0 Å². The average Bonchev–Trinajstić information content (AvgIpc) is 2.28. The second-order valence-corrected chi connectivity index (χ2v) is 6.97. The fraction of sp³-hybridized carbons (Fsp3) is 0.571. The lowest BCUT2D eigenvalue weighted by molar-refractivity contribution is 0.450. The maximum Gasteiger partial charge on any atom is 0.238 e. The van der Waals surface area contributed by atoms with Gasteiger partial charge in [-0.2, -0.15) is 0 Å². The summed E-state index contributed by atoms with van der Waals surface area (Å²) >= 11 is 0. The van der Waals surface area contributed by atoms with Gasteiger partial charge in [-0.3, -0.25) is 0 Å². The van der Waals surface area contributed by atoms with Crippen molar-refractivity contribution in [2.45, 2.75) is 56.8 Å². The van der Waals surface area contributed by atoms with Crippen molar-refractivity contribution in [3.8, 4) is 0 Å². The minimum atomic E-state index is -3.59. The Kier molecular flexibility index (Phi) is 4.93. The standard InChI is InChI=1S/C14H23NO2S/c1-4-5-6-11-14(2,3)12-7-9-13(10-8-12)18(15,16)17/h7-10H,4-6,11H2,1-3H3,(H2,15,16,17). The lowest BCUT2D eigenvalue weighted by Gasteiger charge is -2.25. The summed E-state index contributed by atoms with van der Waals surface area (Å²) in [6.07, 6.45) is 4.75. The van der Waals surface area contributed by atoms with E-state index in [-0.39, 0.29) is 10.3 Å². The minimum Gasteiger partial charge on any atom is -0.225 e. The van der Waals surface area contributed by atoms with E-state index in [1.54, 1.807) is 12.1 Å². The number of hydrogen-bond donors (Lipinski definition) is 1. The van der Waals surface area contributed by atoms with Crippen LogP contribution in [0.3, 0.4) is 0 Å². The third kappa shape index (κ3) is 4.10. The Labute approximate surface area is 110 Å². The molecule has 0 saturated carbocycles. The smallest absolute Gasteiger partial charge is 0.225 e. The van der Waals surface area contributed by atoms with Gasteiger partial charge in [-0.15, -0.1) is 0 Å². The molecule has 1 aromatic carbocycles. The molecule has 0 aliphatic heterocycles. The summed E-state index contributed by atoms with van der Waals surface area (Å²) in [6.45, 7) is 6.57. The molecule has 0 spiro atoms. The number of sulfonamides is 1. The minimum absolute atomic E-state index is 0.0755. The fourth-order valence-corrected chi connectivity index (χ4v) is 2.57. The van der Waals surface area contributed by atoms with Gasteiger partial charge in [-0.05, 0) is 29.5 Å². The third-order valence-corrected chi connectivity index (χ3v) is 4.30. The van der Waals surface area contributed by atoms with Crippen molar-refractivity contribution >= 4 is 10.0 Å². The normalized spacial score (nSPS) is 12.7. The Bertz CT molecular complexity index is 475. The SMILES string of the molecule is CCCCCC(C)(C)c1ccc(S(N)(=O)=O)cc1. The highest BCUT2D eigenvalue weighted by Crippen LogP contribution is 2.29. The second kappa shape index (κ2) is 5.85. The van der Waals surface area contributed by atoms with Crippen molar-refractivity contribution in [1.82, 2.24) is 0 Å². The predicted octanol–water partition coefficient (Wildman–Crippen LogP) is 3.19. The monoisotopic (exact) mass is 269 g/mol. The molecule has 1 aromatic rings. The van der Waals surface area contributed by atoms with Gasteiger partial charge in [0.15, 0.2) is 0 Å². The number of benzene rings is 1. The molecular weight excluding hydrogens is 246 g/mol. The van der Waals surface area contributed by atoms with E-state index in [1.165, 1.54) is 19.3 Å². The van der Waals surface area contributed by atoms with Crippen molar-refractivity contribution in [3.63, 3.8) is 0 Å². The van der Waals surface area contributed by atoms with Crippen molar-refractivity contribution in [3.05, 3.63) is 29.8 Å². The van der Waals surface area contributed by atoms with E-state index in [4.69, 9.17) is 5.14 Å². The molecule has 0 amide bonds. The molecule has 102 valence electrons. The van der Waals surface area contributed by atoms with E-state index in [0.29, 0.717) is 0 Å². The molecule has 0 fully saturated rings. The third-order valence-electron chi connectivity index (χ3n) is 3.37. The second-order valence-electron chi connectivity index (χ2n) is 5.41. The number of rotatable bonds is 6. The zero-order chi connectivity index (χ0) is 13.8. The maximum absolute atomic E-state index is 11.2. The molecule has 0 radical (unpaired) electrons. The molecule has 3 nitrogen and oxygen atoms in total. The Morgan fingerprint density at radius 2 is 1.67 bits per heavy atom. The van der Waals surface area contributed by atoms with E-state index in [2.05, 4.69) is 20.8 Å². The van der Waals surface area contributed by atoms with Gasteiger partial charge in [0, 0.05) is 0 Å². The Hall–Kier alpha value is -0.870. The Morgan fingerprint density at radius 3 is 2.11 bits per heavy atom. The molecular formula is C14H23NO2S. The van der Waals surface area contributed by atoms with Crippen molar-refractivity contribution in [1.29, 1.82) is 0 Å². The van der Waals surface area contributed by atoms with Crippen molar-refractivity contribution in [2.24, 2.45) is 5.14 Å². The molecule has 0 aliphatic carbocycles. The van der Waals surface area contributed by atoms with Crippen LogP contribution in [-0.4, -0.2) is 8.42 Å². The quantitative estimate of drug-likeness (QED) is 0.806. The summed E-state index contributed by atoms with van der Waals surface area (Å²) in [5, 5.41) is 5.09. The zero-order valence-corrected chi connectivity index (χ0v) is 12.3. The van der Waals surface area contributed by atoms with E-state index >= 15 is 0 Å². The van der Waals surface area contributed by atoms with E-state index in [9.17, 15) is 8.42 Å². The van der Waals surface area contributed by atoms with Gasteiger partial charge < -0.3 is 0 Å². The highest BCUT2D eigenvalue weighted by molar-refractivity contribution is 7.89.